The Balaban J connectivity index is 1.50. The molecule has 1 saturated heterocycles. The zero-order chi connectivity index (χ0) is 25.8. The van der Waals surface area contributed by atoms with Crippen LogP contribution in [-0.4, -0.2) is 38.9 Å². The molecule has 6 rings (SSSR count). The van der Waals surface area contributed by atoms with Gasteiger partial charge in [-0.1, -0.05) is 22.8 Å². The number of piperidine rings is 1. The summed E-state index contributed by atoms with van der Waals surface area (Å²) in [6.45, 7) is 3.84. The van der Waals surface area contributed by atoms with Gasteiger partial charge in [0.2, 0.25) is 5.91 Å². The molecular weight excluding hydrogens is 492 g/mol. The maximum atomic E-state index is 13.3. The average molecular weight is 521 g/mol. The number of nitrogens with zero attached hydrogens (tertiary/aromatic N) is 4. The van der Waals surface area contributed by atoms with Crippen molar-refractivity contribution in [3.8, 4) is 16.9 Å². The molecule has 2 aliphatic rings. The third-order valence-corrected chi connectivity index (χ3v) is 7.95. The Morgan fingerprint density at radius 3 is 2.65 bits per heavy atom. The molecule has 1 N–H and O–H groups in total. The highest BCUT2D eigenvalue weighted by Crippen LogP contribution is 2.43. The molecule has 2 aromatic carbocycles. The van der Waals surface area contributed by atoms with Gasteiger partial charge in [-0.15, -0.1) is 0 Å². The van der Waals surface area contributed by atoms with E-state index in [4.69, 9.17) is 25.8 Å². The molecule has 0 unspecified atom stereocenters. The number of aromatic nitrogens is 3. The number of rotatable bonds is 5. The summed E-state index contributed by atoms with van der Waals surface area (Å²) in [5.74, 6) is 2.21. The van der Waals surface area contributed by atoms with E-state index in [9.17, 15) is 9.90 Å². The second-order valence-electron chi connectivity index (χ2n) is 10.0. The molecule has 0 spiro atoms. The molecule has 2 aromatic heterocycles. The van der Waals surface area contributed by atoms with E-state index < -0.39 is 0 Å². The van der Waals surface area contributed by atoms with Crippen molar-refractivity contribution < 1.29 is 19.2 Å². The van der Waals surface area contributed by atoms with Gasteiger partial charge in [0.15, 0.2) is 0 Å². The van der Waals surface area contributed by atoms with Crippen LogP contribution in [0.3, 0.4) is 0 Å². The summed E-state index contributed by atoms with van der Waals surface area (Å²) in [6, 6.07) is 11.5. The van der Waals surface area contributed by atoms with Crippen LogP contribution in [0.2, 0.25) is 5.02 Å². The van der Waals surface area contributed by atoms with Crippen molar-refractivity contribution in [2.75, 3.05) is 12.0 Å². The highest BCUT2D eigenvalue weighted by molar-refractivity contribution is 6.32. The van der Waals surface area contributed by atoms with Crippen LogP contribution in [0.1, 0.15) is 61.5 Å². The maximum Gasteiger partial charge on any atom is 0.227 e. The molecule has 1 saturated carbocycles. The van der Waals surface area contributed by atoms with Gasteiger partial charge in [-0.2, -0.15) is 0 Å². The number of imidazole rings is 1. The fourth-order valence-corrected chi connectivity index (χ4v) is 6.05. The van der Waals surface area contributed by atoms with Crippen LogP contribution in [0.25, 0.3) is 22.2 Å². The van der Waals surface area contributed by atoms with Crippen molar-refractivity contribution >= 4 is 34.2 Å². The second kappa shape index (κ2) is 9.19. The zero-order valence-corrected chi connectivity index (χ0v) is 21.8. The largest absolute Gasteiger partial charge is 0.495 e. The first-order valence-electron chi connectivity index (χ1n) is 12.6. The van der Waals surface area contributed by atoms with Gasteiger partial charge >= 0.3 is 0 Å². The Morgan fingerprint density at radius 2 is 1.97 bits per heavy atom. The van der Waals surface area contributed by atoms with Crippen LogP contribution in [0, 0.1) is 13.8 Å². The number of anilines is 1. The summed E-state index contributed by atoms with van der Waals surface area (Å²) in [4.78, 5) is 20.3. The Bertz CT molecular complexity index is 1480. The predicted molar refractivity (Wildman–Crippen MR) is 141 cm³/mol. The molecule has 1 aliphatic heterocycles. The van der Waals surface area contributed by atoms with Gasteiger partial charge in [0.05, 0.1) is 41.0 Å². The normalized spacial score (nSPS) is 21.9. The summed E-state index contributed by atoms with van der Waals surface area (Å²) < 4.78 is 13.0. The van der Waals surface area contributed by atoms with Crippen LogP contribution >= 0.6 is 11.6 Å². The number of carbonyl (C=O) groups excluding carboxylic acids is 1. The maximum absolute atomic E-state index is 13.3. The lowest BCUT2D eigenvalue weighted by molar-refractivity contribution is -0.120. The molecule has 3 heterocycles. The number of hydrogen-bond acceptors (Lipinski definition) is 6. The average Bonchev–Trinajstić information content (AvgIpc) is 3.40. The summed E-state index contributed by atoms with van der Waals surface area (Å²) in [5, 5.41) is 14.7. The number of aliphatic hydroxyl groups excluding tert-OH is 1. The minimum atomic E-state index is -0.318. The van der Waals surface area contributed by atoms with Crippen molar-refractivity contribution in [1.29, 1.82) is 0 Å². The molecule has 1 aliphatic carbocycles. The molecule has 0 bridgehead atoms. The molecule has 9 heteroatoms. The van der Waals surface area contributed by atoms with Gasteiger partial charge in [0, 0.05) is 23.7 Å². The minimum absolute atomic E-state index is 0.0427. The lowest BCUT2D eigenvalue weighted by atomic mass is 9.88. The standard InChI is InChI=1S/C28H29ClN4O4/c1-15-27(16(2)37-31-15)17-7-9-23-22(11-17)30-28(33(23)19-12-20(34)13-19)24-5-4-6-26(35)32(24)18-8-10-25(36-3)21(29)14-18/h7-11,14,19-20,24,34H,4-6,12-13H2,1-3H3/t19?,20?,24-/m0/s1. The fraction of sp³-hybridized carbons (Fsp3) is 0.393. The van der Waals surface area contributed by atoms with Crippen LogP contribution < -0.4 is 9.64 Å². The van der Waals surface area contributed by atoms with E-state index in [0.717, 1.165) is 58.0 Å². The molecule has 1 atom stereocenters. The molecular formula is C28H29ClN4O4. The monoisotopic (exact) mass is 520 g/mol. The molecule has 1 amide bonds. The third kappa shape index (κ3) is 3.99. The molecule has 37 heavy (non-hydrogen) atoms. The number of halogens is 1. The summed E-state index contributed by atoms with van der Waals surface area (Å²) >= 11 is 6.45. The van der Waals surface area contributed by atoms with E-state index in [-0.39, 0.29) is 24.1 Å². The van der Waals surface area contributed by atoms with E-state index in [1.165, 1.54) is 0 Å². The first-order valence-corrected chi connectivity index (χ1v) is 13.0. The Hall–Kier alpha value is -3.36. The van der Waals surface area contributed by atoms with Gasteiger partial charge in [0.1, 0.15) is 17.3 Å². The number of aliphatic hydroxyl groups is 1. The highest BCUT2D eigenvalue weighted by Gasteiger charge is 2.38. The SMILES string of the molecule is COc1ccc(N2C(=O)CCC[C@H]2c2nc3cc(-c4c(C)noc4C)ccc3n2C2CC(O)C2)cc1Cl. The Kier molecular flexibility index (Phi) is 5.96. The van der Waals surface area contributed by atoms with Gasteiger partial charge < -0.3 is 23.8 Å². The van der Waals surface area contributed by atoms with Crippen molar-refractivity contribution in [2.45, 2.75) is 64.1 Å². The van der Waals surface area contributed by atoms with Crippen molar-refractivity contribution in [2.24, 2.45) is 0 Å². The zero-order valence-electron chi connectivity index (χ0n) is 21.1. The predicted octanol–water partition coefficient (Wildman–Crippen LogP) is 5.92. The van der Waals surface area contributed by atoms with E-state index in [2.05, 4.69) is 27.9 Å². The van der Waals surface area contributed by atoms with Crippen LogP contribution in [0.4, 0.5) is 5.69 Å². The fourth-order valence-electron chi connectivity index (χ4n) is 5.80. The number of benzene rings is 2. The molecule has 4 aromatic rings. The number of ether oxygens (including phenoxy) is 1. The number of fused-ring (bicyclic) bond motifs is 1. The number of carbonyl (C=O) groups is 1. The van der Waals surface area contributed by atoms with E-state index in [1.54, 1.807) is 19.2 Å². The molecule has 192 valence electrons. The first-order chi connectivity index (χ1) is 17.9. The van der Waals surface area contributed by atoms with Crippen molar-refractivity contribution in [3.05, 3.63) is 58.7 Å². The second-order valence-corrected chi connectivity index (χ2v) is 10.4. The topological polar surface area (TPSA) is 93.6 Å². The van der Waals surface area contributed by atoms with E-state index >= 15 is 0 Å². The van der Waals surface area contributed by atoms with Gasteiger partial charge in [-0.25, -0.2) is 4.98 Å². The third-order valence-electron chi connectivity index (χ3n) is 7.65. The lowest BCUT2D eigenvalue weighted by Gasteiger charge is -2.39. The van der Waals surface area contributed by atoms with Gasteiger partial charge in [-0.3, -0.25) is 4.79 Å². The first kappa shape index (κ1) is 24.0. The number of amides is 1. The number of methoxy groups -OCH3 is 1. The molecule has 2 fully saturated rings. The van der Waals surface area contributed by atoms with Crippen LogP contribution in [0.5, 0.6) is 5.75 Å². The lowest BCUT2D eigenvalue weighted by Crippen LogP contribution is -2.41. The highest BCUT2D eigenvalue weighted by atomic mass is 35.5. The summed E-state index contributed by atoms with van der Waals surface area (Å²) in [7, 11) is 1.57. The summed E-state index contributed by atoms with van der Waals surface area (Å²) in [5.41, 5.74) is 5.36. The van der Waals surface area contributed by atoms with Crippen molar-refractivity contribution in [3.63, 3.8) is 0 Å². The quantitative estimate of drug-likeness (QED) is 0.351. The van der Waals surface area contributed by atoms with Crippen LogP contribution in [-0.2, 0) is 4.79 Å². The van der Waals surface area contributed by atoms with Gasteiger partial charge in [0.25, 0.3) is 0 Å². The molecule has 0 radical (unpaired) electrons. The Morgan fingerprint density at radius 1 is 1.16 bits per heavy atom. The number of aryl methyl sites for hydroxylation is 2. The Labute approximate surface area is 219 Å². The minimum Gasteiger partial charge on any atom is -0.495 e. The summed E-state index contributed by atoms with van der Waals surface area (Å²) in [6.07, 6.45) is 3.05. The van der Waals surface area contributed by atoms with E-state index in [0.29, 0.717) is 30.0 Å². The van der Waals surface area contributed by atoms with E-state index in [1.807, 2.05) is 24.8 Å². The molecule has 8 nitrogen and oxygen atoms in total. The number of hydrogen-bond donors (Lipinski definition) is 1. The smallest absolute Gasteiger partial charge is 0.227 e. The van der Waals surface area contributed by atoms with Crippen LogP contribution in [0.15, 0.2) is 40.9 Å². The van der Waals surface area contributed by atoms with Crippen molar-refractivity contribution in [1.82, 2.24) is 14.7 Å². The van der Waals surface area contributed by atoms with Gasteiger partial charge in [-0.05, 0) is 75.4 Å².